The zero-order valence-corrected chi connectivity index (χ0v) is 18.3. The van der Waals surface area contributed by atoms with Crippen LogP contribution < -0.4 is 20.5 Å². The highest BCUT2D eigenvalue weighted by molar-refractivity contribution is 7.80. The fourth-order valence-electron chi connectivity index (χ4n) is 3.45. The number of hydrogen-bond donors (Lipinski definition) is 4. The number of rotatable bonds is 6. The number of thiocarbonyl (C=S) groups is 1. The Labute approximate surface area is 189 Å². The highest BCUT2D eigenvalue weighted by Crippen LogP contribution is 2.28. The minimum absolute atomic E-state index is 0.188. The van der Waals surface area contributed by atoms with Crippen molar-refractivity contribution >= 4 is 40.8 Å². The number of anilines is 2. The van der Waals surface area contributed by atoms with Gasteiger partial charge < -0.3 is 29.9 Å². The third-order valence-electron chi connectivity index (χ3n) is 5.12. The number of cyclic esters (lactones) is 1. The summed E-state index contributed by atoms with van der Waals surface area (Å²) in [4.78, 5) is 27.4. The second kappa shape index (κ2) is 10.7. The predicted octanol–water partition coefficient (Wildman–Crippen LogP) is -0.822. The smallest absolute Gasteiger partial charge is 0.414 e. The van der Waals surface area contributed by atoms with Crippen LogP contribution in [0.2, 0.25) is 0 Å². The Morgan fingerprint density at radius 3 is 2.91 bits per heavy atom. The number of ether oxygens (including phenoxy) is 2. The molecule has 13 heteroatoms. The van der Waals surface area contributed by atoms with Gasteiger partial charge in [-0.1, -0.05) is 0 Å². The number of hydrogen-bond acceptors (Lipinski definition) is 9. The van der Waals surface area contributed by atoms with Gasteiger partial charge in [0.1, 0.15) is 11.9 Å². The maximum atomic E-state index is 14.9. The van der Waals surface area contributed by atoms with Crippen LogP contribution in [0, 0.1) is 5.82 Å². The standard InChI is InChI=1S/C19H26FN5O6S/c1-30-18(32)21-9-13-10-24(19(29)31-13)12-2-3-15(14(20)8-12)23-5-4-22-25(7-6-23)17(28)16(27)11-26/h2-3,8,13,16,22,26-27H,4-7,9-11H2,1H3,(H,21,32)/t13-,16-/m0/s1. The van der Waals surface area contributed by atoms with Crippen LogP contribution in [0.5, 0.6) is 0 Å². The highest BCUT2D eigenvalue weighted by Gasteiger charge is 2.33. The Kier molecular flexibility index (Phi) is 8.01. The van der Waals surface area contributed by atoms with Gasteiger partial charge in [0.05, 0.1) is 44.7 Å². The van der Waals surface area contributed by atoms with Crippen molar-refractivity contribution in [1.82, 2.24) is 15.8 Å². The van der Waals surface area contributed by atoms with Crippen LogP contribution in [0.3, 0.4) is 0 Å². The van der Waals surface area contributed by atoms with Crippen LogP contribution in [-0.2, 0) is 14.3 Å². The summed E-state index contributed by atoms with van der Waals surface area (Å²) in [5, 5.41) is 22.7. The largest absolute Gasteiger partial charge is 0.474 e. The average molecular weight is 472 g/mol. The van der Waals surface area contributed by atoms with Gasteiger partial charge in [-0.05, 0) is 30.4 Å². The molecular formula is C19H26FN5O6S. The van der Waals surface area contributed by atoms with E-state index >= 15 is 0 Å². The molecule has 0 radical (unpaired) electrons. The Morgan fingerprint density at radius 1 is 1.44 bits per heavy atom. The summed E-state index contributed by atoms with van der Waals surface area (Å²) in [6.45, 7) is 1.08. The van der Waals surface area contributed by atoms with Gasteiger partial charge in [0.15, 0.2) is 6.10 Å². The van der Waals surface area contributed by atoms with E-state index in [9.17, 15) is 19.1 Å². The van der Waals surface area contributed by atoms with Crippen molar-refractivity contribution in [3.8, 4) is 0 Å². The quantitative estimate of drug-likeness (QED) is 0.391. The van der Waals surface area contributed by atoms with E-state index < -0.39 is 36.6 Å². The van der Waals surface area contributed by atoms with E-state index in [1.165, 1.54) is 23.1 Å². The molecule has 0 aromatic heterocycles. The zero-order chi connectivity index (χ0) is 23.3. The minimum Gasteiger partial charge on any atom is -0.474 e. The highest BCUT2D eigenvalue weighted by atomic mass is 32.1. The van der Waals surface area contributed by atoms with Crippen molar-refractivity contribution in [3.63, 3.8) is 0 Å². The van der Waals surface area contributed by atoms with Gasteiger partial charge in [-0.2, -0.15) is 0 Å². The number of nitrogens with one attached hydrogen (secondary N) is 2. The van der Waals surface area contributed by atoms with Gasteiger partial charge >= 0.3 is 6.09 Å². The average Bonchev–Trinajstić information content (AvgIpc) is 3.00. The van der Waals surface area contributed by atoms with E-state index in [-0.39, 0.29) is 24.8 Å². The number of carbonyl (C=O) groups excluding carboxylic acids is 2. The topological polar surface area (TPSA) is 127 Å². The molecule has 2 atom stereocenters. The molecule has 11 nitrogen and oxygen atoms in total. The molecule has 2 aliphatic rings. The summed E-state index contributed by atoms with van der Waals surface area (Å²) < 4.78 is 25.1. The summed E-state index contributed by atoms with van der Waals surface area (Å²) >= 11 is 4.89. The maximum absolute atomic E-state index is 14.9. The Bertz CT molecular complexity index is 861. The lowest BCUT2D eigenvalue weighted by Gasteiger charge is -2.25. The third-order valence-corrected chi connectivity index (χ3v) is 5.43. The van der Waals surface area contributed by atoms with Gasteiger partial charge in [-0.15, -0.1) is 0 Å². The molecule has 2 saturated heterocycles. The van der Waals surface area contributed by atoms with Crippen LogP contribution in [0.15, 0.2) is 18.2 Å². The lowest BCUT2D eigenvalue weighted by atomic mass is 10.2. The maximum Gasteiger partial charge on any atom is 0.414 e. The van der Waals surface area contributed by atoms with Crippen molar-refractivity contribution in [2.24, 2.45) is 0 Å². The van der Waals surface area contributed by atoms with Gasteiger partial charge in [0, 0.05) is 19.6 Å². The van der Waals surface area contributed by atoms with Crippen LogP contribution >= 0.6 is 12.2 Å². The summed E-state index contributed by atoms with van der Waals surface area (Å²) in [7, 11) is 1.43. The van der Waals surface area contributed by atoms with Crippen molar-refractivity contribution in [2.45, 2.75) is 12.2 Å². The van der Waals surface area contributed by atoms with Crippen molar-refractivity contribution < 1.29 is 33.7 Å². The molecular weight excluding hydrogens is 445 g/mol. The first-order valence-electron chi connectivity index (χ1n) is 10.0. The fraction of sp³-hybridized carbons (Fsp3) is 0.526. The lowest BCUT2D eigenvalue weighted by molar-refractivity contribution is -0.145. The molecule has 0 unspecified atom stereocenters. The van der Waals surface area contributed by atoms with E-state index in [0.29, 0.717) is 31.0 Å². The predicted molar refractivity (Wildman–Crippen MR) is 117 cm³/mol. The van der Waals surface area contributed by atoms with Crippen LogP contribution in [0.25, 0.3) is 0 Å². The molecule has 2 fully saturated rings. The molecule has 0 bridgehead atoms. The molecule has 0 saturated carbocycles. The Balaban J connectivity index is 1.63. The van der Waals surface area contributed by atoms with Crippen molar-refractivity contribution in [1.29, 1.82) is 0 Å². The summed E-state index contributed by atoms with van der Waals surface area (Å²) in [5.41, 5.74) is 3.55. The van der Waals surface area contributed by atoms with E-state index in [0.717, 1.165) is 0 Å². The molecule has 2 amide bonds. The molecule has 176 valence electrons. The summed E-state index contributed by atoms with van der Waals surface area (Å²) in [6, 6.07) is 4.47. The first-order chi connectivity index (χ1) is 15.3. The van der Waals surface area contributed by atoms with Crippen LogP contribution in [-0.4, -0.2) is 97.6 Å². The molecule has 1 aromatic carbocycles. The SMILES string of the molecule is COC(=S)NC[C@H]1CN(c2ccc(N3CCNN(C(=O)[C@@H](O)CO)CC3)c(F)c2)C(=O)O1. The fourth-order valence-corrected chi connectivity index (χ4v) is 3.53. The number of amides is 2. The summed E-state index contributed by atoms with van der Waals surface area (Å²) in [5.74, 6) is -1.17. The molecule has 0 aliphatic carbocycles. The Morgan fingerprint density at radius 2 is 2.22 bits per heavy atom. The molecule has 4 N–H and O–H groups in total. The number of hydrazine groups is 1. The minimum atomic E-state index is -1.51. The van der Waals surface area contributed by atoms with Gasteiger partial charge in [-0.25, -0.2) is 14.6 Å². The summed E-state index contributed by atoms with van der Waals surface area (Å²) in [6.07, 6.45) is -2.55. The molecule has 2 aliphatic heterocycles. The van der Waals surface area contributed by atoms with E-state index in [2.05, 4.69) is 10.7 Å². The van der Waals surface area contributed by atoms with Gasteiger partial charge in [0.2, 0.25) is 0 Å². The van der Waals surface area contributed by atoms with Crippen LogP contribution in [0.4, 0.5) is 20.6 Å². The number of aliphatic hydroxyl groups is 2. The van der Waals surface area contributed by atoms with E-state index in [4.69, 9.17) is 26.8 Å². The van der Waals surface area contributed by atoms with E-state index in [1.54, 1.807) is 17.0 Å². The monoisotopic (exact) mass is 471 g/mol. The van der Waals surface area contributed by atoms with Gasteiger partial charge in [-0.3, -0.25) is 14.7 Å². The molecule has 1 aromatic rings. The third kappa shape index (κ3) is 5.54. The molecule has 3 rings (SSSR count). The van der Waals surface area contributed by atoms with E-state index in [1.807, 2.05) is 0 Å². The second-order valence-electron chi connectivity index (χ2n) is 7.21. The second-order valence-corrected chi connectivity index (χ2v) is 7.58. The first-order valence-corrected chi connectivity index (χ1v) is 10.4. The molecule has 2 heterocycles. The first kappa shape index (κ1) is 23.9. The number of carbonyl (C=O) groups is 2. The number of halogens is 1. The zero-order valence-electron chi connectivity index (χ0n) is 17.5. The number of methoxy groups -OCH3 is 1. The number of aliphatic hydroxyl groups excluding tert-OH is 2. The van der Waals surface area contributed by atoms with Gasteiger partial charge in [0.25, 0.3) is 11.1 Å². The van der Waals surface area contributed by atoms with Crippen LogP contribution in [0.1, 0.15) is 0 Å². The normalized spacial score (nSPS) is 19.9. The number of benzene rings is 1. The number of nitrogens with zero attached hydrogens (tertiary/aromatic N) is 3. The Hall–Kier alpha value is -2.74. The van der Waals surface area contributed by atoms with Crippen molar-refractivity contribution in [2.75, 3.05) is 62.8 Å². The lowest BCUT2D eigenvalue weighted by Crippen LogP contribution is -2.49. The molecule has 0 spiro atoms. The molecule has 32 heavy (non-hydrogen) atoms. The van der Waals surface area contributed by atoms with Crippen molar-refractivity contribution in [3.05, 3.63) is 24.0 Å².